The molecule has 0 bridgehead atoms. The van der Waals surface area contributed by atoms with Gasteiger partial charge in [-0.3, -0.25) is 14.6 Å². The summed E-state index contributed by atoms with van der Waals surface area (Å²) in [5, 5.41) is 4.42. The number of rotatable bonds is 5. The maximum absolute atomic E-state index is 4.63. The highest BCUT2D eigenvalue weighted by atomic mass is 15.3. The van der Waals surface area contributed by atoms with Crippen LogP contribution < -0.4 is 0 Å². The molecule has 0 amide bonds. The van der Waals surface area contributed by atoms with Crippen LogP contribution in [0.3, 0.4) is 0 Å². The lowest BCUT2D eigenvalue weighted by Crippen LogP contribution is -2.33. The van der Waals surface area contributed by atoms with Crippen molar-refractivity contribution in [1.29, 1.82) is 0 Å². The minimum atomic E-state index is 0.678. The largest absolute Gasteiger partial charge is 0.306 e. The average molecular weight is 299 g/mol. The molecule has 5 heteroatoms. The van der Waals surface area contributed by atoms with E-state index in [0.29, 0.717) is 5.92 Å². The molecule has 3 rings (SSSR count). The van der Waals surface area contributed by atoms with Gasteiger partial charge in [0.25, 0.3) is 0 Å². The maximum Gasteiger partial charge on any atom is 0.110 e. The van der Waals surface area contributed by atoms with Gasteiger partial charge in [0.15, 0.2) is 0 Å². The van der Waals surface area contributed by atoms with Gasteiger partial charge in [-0.25, -0.2) is 0 Å². The van der Waals surface area contributed by atoms with Gasteiger partial charge in [-0.15, -0.1) is 0 Å². The molecule has 1 atom stereocenters. The van der Waals surface area contributed by atoms with Crippen LogP contribution in [0, 0.1) is 5.92 Å². The Morgan fingerprint density at radius 2 is 2.09 bits per heavy atom. The van der Waals surface area contributed by atoms with Crippen molar-refractivity contribution in [3.63, 3.8) is 0 Å². The lowest BCUT2D eigenvalue weighted by atomic mass is 9.92. The molecule has 5 nitrogen and oxygen atoms in total. The first-order valence-electron chi connectivity index (χ1n) is 8.28. The Morgan fingerprint density at radius 3 is 2.91 bits per heavy atom. The van der Waals surface area contributed by atoms with Crippen LogP contribution in [0.15, 0.2) is 24.7 Å². The van der Waals surface area contributed by atoms with Crippen molar-refractivity contribution in [2.24, 2.45) is 5.92 Å². The van der Waals surface area contributed by atoms with Crippen LogP contribution in [0.5, 0.6) is 0 Å². The first-order chi connectivity index (χ1) is 10.8. The van der Waals surface area contributed by atoms with Gasteiger partial charge in [-0.1, -0.05) is 6.92 Å². The minimum absolute atomic E-state index is 0.678. The van der Waals surface area contributed by atoms with Gasteiger partial charge in [0.05, 0.1) is 11.4 Å². The third kappa shape index (κ3) is 3.35. The van der Waals surface area contributed by atoms with Gasteiger partial charge in [-0.2, -0.15) is 5.10 Å². The number of hydrogen-bond acceptors (Lipinski definition) is 4. The Bertz CT molecular complexity index is 607. The van der Waals surface area contributed by atoms with E-state index < -0.39 is 0 Å². The lowest BCUT2D eigenvalue weighted by molar-refractivity contribution is 0.208. The highest BCUT2D eigenvalue weighted by Gasteiger charge is 2.21. The first-order valence-corrected chi connectivity index (χ1v) is 8.28. The molecule has 3 heterocycles. The number of nitrogens with zero attached hydrogens (tertiary/aromatic N) is 5. The normalized spacial score (nSPS) is 19.5. The van der Waals surface area contributed by atoms with E-state index in [0.717, 1.165) is 43.0 Å². The van der Waals surface area contributed by atoms with Gasteiger partial charge in [0.2, 0.25) is 0 Å². The summed E-state index contributed by atoms with van der Waals surface area (Å²) in [5.41, 5.74) is 3.21. The third-order valence-electron chi connectivity index (χ3n) is 4.37. The molecule has 0 spiro atoms. The molecule has 118 valence electrons. The predicted molar refractivity (Wildman–Crippen MR) is 87.5 cm³/mol. The average Bonchev–Trinajstić information content (AvgIpc) is 2.96. The Balaban J connectivity index is 1.85. The molecule has 0 aromatic carbocycles. The van der Waals surface area contributed by atoms with Crippen molar-refractivity contribution in [1.82, 2.24) is 24.6 Å². The fourth-order valence-electron chi connectivity index (χ4n) is 3.37. The molecule has 1 aliphatic rings. The Hall–Kier alpha value is -1.75. The summed E-state index contributed by atoms with van der Waals surface area (Å²) in [5.74, 6) is 0.678. The van der Waals surface area contributed by atoms with Crippen LogP contribution in [-0.2, 0) is 13.0 Å². The van der Waals surface area contributed by atoms with Gasteiger partial charge in [0, 0.05) is 31.7 Å². The van der Waals surface area contributed by atoms with Crippen LogP contribution in [0.25, 0.3) is 11.4 Å². The number of aromatic nitrogens is 4. The predicted octanol–water partition coefficient (Wildman–Crippen LogP) is 2.63. The molecule has 2 aromatic heterocycles. The molecule has 0 aliphatic carbocycles. The molecular weight excluding hydrogens is 274 g/mol. The Morgan fingerprint density at radius 1 is 1.23 bits per heavy atom. The smallest absolute Gasteiger partial charge is 0.110 e. The number of hydrogen-bond donors (Lipinski definition) is 0. The van der Waals surface area contributed by atoms with E-state index in [1.54, 1.807) is 6.20 Å². The summed E-state index contributed by atoms with van der Waals surface area (Å²) in [6, 6.07) is 2.05. The van der Waals surface area contributed by atoms with Crippen LogP contribution in [-0.4, -0.2) is 44.8 Å². The fourth-order valence-corrected chi connectivity index (χ4v) is 3.37. The van der Waals surface area contributed by atoms with Crippen molar-refractivity contribution in [3.8, 4) is 11.4 Å². The van der Waals surface area contributed by atoms with Crippen molar-refractivity contribution < 1.29 is 0 Å². The van der Waals surface area contributed by atoms with Crippen molar-refractivity contribution >= 4 is 0 Å². The van der Waals surface area contributed by atoms with E-state index in [4.69, 9.17) is 0 Å². The monoisotopic (exact) mass is 299 g/mol. The summed E-state index contributed by atoms with van der Waals surface area (Å²) >= 11 is 0. The first kappa shape index (κ1) is 15.2. The SMILES string of the molecule is CCCn1nccc1-c1nccnc1C[C@H]1CCCN(C)C1. The van der Waals surface area contributed by atoms with E-state index in [1.807, 2.05) is 17.1 Å². The zero-order chi connectivity index (χ0) is 15.4. The zero-order valence-electron chi connectivity index (χ0n) is 13.6. The number of likely N-dealkylation sites (tertiary alicyclic amines) is 1. The summed E-state index contributed by atoms with van der Waals surface area (Å²) in [7, 11) is 2.21. The molecule has 1 fully saturated rings. The standard InChI is InChI=1S/C17H25N5/c1-3-10-22-16(6-7-20-22)17-15(18-8-9-19-17)12-14-5-4-11-21(2)13-14/h6-9,14H,3-5,10-13H2,1-2H3/t14-/m1/s1. The van der Waals surface area contributed by atoms with Crippen LogP contribution in [0.1, 0.15) is 31.9 Å². The topological polar surface area (TPSA) is 46.8 Å². The van der Waals surface area contributed by atoms with E-state index in [9.17, 15) is 0 Å². The highest BCUT2D eigenvalue weighted by Crippen LogP contribution is 2.25. The molecule has 0 saturated carbocycles. The molecule has 0 unspecified atom stereocenters. The number of piperidine rings is 1. The summed E-state index contributed by atoms with van der Waals surface area (Å²) in [4.78, 5) is 11.7. The van der Waals surface area contributed by atoms with E-state index >= 15 is 0 Å². The van der Waals surface area contributed by atoms with Crippen LogP contribution in [0.2, 0.25) is 0 Å². The van der Waals surface area contributed by atoms with Gasteiger partial charge < -0.3 is 4.90 Å². The molecule has 22 heavy (non-hydrogen) atoms. The van der Waals surface area contributed by atoms with Gasteiger partial charge in [0.1, 0.15) is 5.69 Å². The summed E-state index contributed by atoms with van der Waals surface area (Å²) in [6.45, 7) is 5.46. The molecular formula is C17H25N5. The van der Waals surface area contributed by atoms with Crippen molar-refractivity contribution in [2.45, 2.75) is 39.2 Å². The van der Waals surface area contributed by atoms with E-state index in [2.05, 4.69) is 40.0 Å². The summed E-state index contributed by atoms with van der Waals surface area (Å²) in [6.07, 6.45) is 10.1. The second-order valence-corrected chi connectivity index (χ2v) is 6.27. The minimum Gasteiger partial charge on any atom is -0.306 e. The maximum atomic E-state index is 4.63. The Labute approximate surface area is 132 Å². The molecule has 1 aliphatic heterocycles. The number of aryl methyl sites for hydroxylation is 1. The quantitative estimate of drug-likeness (QED) is 0.851. The zero-order valence-corrected chi connectivity index (χ0v) is 13.6. The van der Waals surface area contributed by atoms with Crippen LogP contribution in [0.4, 0.5) is 0 Å². The van der Waals surface area contributed by atoms with E-state index in [-0.39, 0.29) is 0 Å². The molecule has 1 saturated heterocycles. The lowest BCUT2D eigenvalue weighted by Gasteiger charge is -2.29. The van der Waals surface area contributed by atoms with Crippen molar-refractivity contribution in [2.75, 3.05) is 20.1 Å². The summed E-state index contributed by atoms with van der Waals surface area (Å²) < 4.78 is 2.04. The van der Waals surface area contributed by atoms with E-state index in [1.165, 1.54) is 19.4 Å². The molecule has 0 radical (unpaired) electrons. The van der Waals surface area contributed by atoms with Gasteiger partial charge >= 0.3 is 0 Å². The third-order valence-corrected chi connectivity index (χ3v) is 4.37. The second-order valence-electron chi connectivity index (χ2n) is 6.27. The second kappa shape index (κ2) is 7.01. The highest BCUT2D eigenvalue weighted by molar-refractivity contribution is 5.57. The molecule has 0 N–H and O–H groups in total. The Kier molecular flexibility index (Phi) is 4.83. The fraction of sp³-hybridized carbons (Fsp3) is 0.588. The van der Waals surface area contributed by atoms with Crippen molar-refractivity contribution in [3.05, 3.63) is 30.4 Å². The molecule has 2 aromatic rings. The van der Waals surface area contributed by atoms with Gasteiger partial charge in [-0.05, 0) is 51.3 Å². The van der Waals surface area contributed by atoms with Crippen LogP contribution >= 0.6 is 0 Å².